The number of carbonyl (C=O) groups is 3. The van der Waals surface area contributed by atoms with Crippen molar-refractivity contribution in [1.29, 1.82) is 0 Å². The van der Waals surface area contributed by atoms with E-state index in [1.807, 2.05) is 19.1 Å². The zero-order chi connectivity index (χ0) is 20.5. The third-order valence-electron chi connectivity index (χ3n) is 5.94. The summed E-state index contributed by atoms with van der Waals surface area (Å²) in [5.41, 5.74) is 2.19. The van der Waals surface area contributed by atoms with Crippen LogP contribution in [0.3, 0.4) is 0 Å². The van der Waals surface area contributed by atoms with E-state index in [4.69, 9.17) is 4.74 Å². The van der Waals surface area contributed by atoms with E-state index in [-0.39, 0.29) is 29.4 Å². The number of rotatable bonds is 5. The van der Waals surface area contributed by atoms with Crippen LogP contribution >= 0.6 is 0 Å². The highest BCUT2D eigenvalue weighted by Crippen LogP contribution is 2.40. The van der Waals surface area contributed by atoms with E-state index in [1.54, 1.807) is 43.3 Å². The molecule has 29 heavy (non-hydrogen) atoms. The second-order valence-electron chi connectivity index (χ2n) is 8.00. The van der Waals surface area contributed by atoms with Crippen LogP contribution in [-0.2, 0) is 9.59 Å². The highest BCUT2D eigenvalue weighted by molar-refractivity contribution is 6.22. The van der Waals surface area contributed by atoms with E-state index in [0.29, 0.717) is 17.0 Å². The van der Waals surface area contributed by atoms with Gasteiger partial charge in [-0.3, -0.25) is 14.4 Å². The first kappa shape index (κ1) is 19.4. The molecule has 5 heteroatoms. The quantitative estimate of drug-likeness (QED) is 0.562. The predicted molar refractivity (Wildman–Crippen MR) is 110 cm³/mol. The lowest BCUT2D eigenvalue weighted by Gasteiger charge is -2.19. The van der Waals surface area contributed by atoms with Crippen molar-refractivity contribution in [1.82, 2.24) is 0 Å². The maximum absolute atomic E-state index is 12.8. The monoisotopic (exact) mass is 391 g/mol. The average molecular weight is 391 g/mol. The average Bonchev–Trinajstić information content (AvgIpc) is 2.99. The zero-order valence-electron chi connectivity index (χ0n) is 16.8. The van der Waals surface area contributed by atoms with E-state index in [0.717, 1.165) is 31.2 Å². The summed E-state index contributed by atoms with van der Waals surface area (Å²) < 4.78 is 5.85. The minimum atomic E-state index is -0.680. The van der Waals surface area contributed by atoms with Crippen molar-refractivity contribution < 1.29 is 19.1 Å². The van der Waals surface area contributed by atoms with Crippen molar-refractivity contribution in [3.63, 3.8) is 0 Å². The third kappa shape index (κ3) is 3.69. The number of hydrogen-bond acceptors (Lipinski definition) is 4. The molecule has 150 valence electrons. The number of imide groups is 1. The number of carbonyl (C=O) groups excluding carboxylic acids is 3. The Balaban J connectivity index is 1.51. The molecule has 0 N–H and O–H groups in total. The summed E-state index contributed by atoms with van der Waals surface area (Å²) in [6.45, 7) is 3.67. The molecular formula is C24H25NO4. The van der Waals surface area contributed by atoms with E-state index >= 15 is 0 Å². The maximum Gasteiger partial charge on any atom is 0.237 e. The number of anilines is 1. The number of nitrogens with zero attached hydrogens (tertiary/aromatic N) is 1. The van der Waals surface area contributed by atoms with Crippen LogP contribution in [0.15, 0.2) is 48.5 Å². The first-order valence-corrected chi connectivity index (χ1v) is 10.2. The smallest absolute Gasteiger partial charge is 0.237 e. The van der Waals surface area contributed by atoms with E-state index < -0.39 is 6.10 Å². The lowest BCUT2D eigenvalue weighted by molar-refractivity contribution is -0.122. The van der Waals surface area contributed by atoms with Gasteiger partial charge in [0.05, 0.1) is 17.5 Å². The van der Waals surface area contributed by atoms with E-state index in [9.17, 15) is 14.4 Å². The molecule has 2 aromatic rings. The van der Waals surface area contributed by atoms with Crippen molar-refractivity contribution in [2.45, 2.75) is 45.6 Å². The van der Waals surface area contributed by atoms with Crippen LogP contribution in [0.4, 0.5) is 5.69 Å². The topological polar surface area (TPSA) is 63.7 Å². The number of amides is 2. The molecule has 2 aromatic carbocycles. The van der Waals surface area contributed by atoms with Gasteiger partial charge in [-0.25, -0.2) is 4.90 Å². The van der Waals surface area contributed by atoms with Crippen molar-refractivity contribution in [2.75, 3.05) is 4.90 Å². The van der Waals surface area contributed by atoms with Gasteiger partial charge in [-0.1, -0.05) is 48.7 Å². The number of ether oxygens (including phenoxy) is 1. The van der Waals surface area contributed by atoms with Crippen LogP contribution in [-0.4, -0.2) is 23.7 Å². The van der Waals surface area contributed by atoms with Crippen LogP contribution in [0.25, 0.3) is 0 Å². The fraction of sp³-hybridized carbons (Fsp3) is 0.375. The lowest BCUT2D eigenvalue weighted by Crippen LogP contribution is -2.31. The molecule has 1 heterocycles. The summed E-state index contributed by atoms with van der Waals surface area (Å²) in [7, 11) is 0. The van der Waals surface area contributed by atoms with Crippen LogP contribution in [0, 0.1) is 18.8 Å². The molecule has 0 spiro atoms. The Morgan fingerprint density at radius 3 is 2.24 bits per heavy atom. The molecule has 0 bridgehead atoms. The Kier molecular flexibility index (Phi) is 5.22. The highest BCUT2D eigenvalue weighted by Gasteiger charge is 2.48. The number of fused-ring (bicyclic) bond motifs is 1. The number of benzene rings is 2. The van der Waals surface area contributed by atoms with Gasteiger partial charge < -0.3 is 4.74 Å². The van der Waals surface area contributed by atoms with Crippen molar-refractivity contribution in [2.24, 2.45) is 11.8 Å². The molecule has 0 radical (unpaired) electrons. The Hall–Kier alpha value is -2.95. The van der Waals surface area contributed by atoms with Gasteiger partial charge in [-0.05, 0) is 38.8 Å². The fourth-order valence-electron chi connectivity index (χ4n) is 4.32. The number of hydrogen-bond donors (Lipinski definition) is 0. The molecule has 1 saturated carbocycles. The molecule has 0 aromatic heterocycles. The molecule has 5 nitrogen and oxygen atoms in total. The van der Waals surface area contributed by atoms with Crippen LogP contribution in [0.2, 0.25) is 0 Å². The van der Waals surface area contributed by atoms with Crippen LogP contribution in [0.5, 0.6) is 5.75 Å². The van der Waals surface area contributed by atoms with Gasteiger partial charge in [0.2, 0.25) is 17.6 Å². The summed E-state index contributed by atoms with van der Waals surface area (Å²) in [6, 6.07) is 14.3. The zero-order valence-corrected chi connectivity index (χ0v) is 16.8. The summed E-state index contributed by atoms with van der Waals surface area (Å²) in [5, 5.41) is 0. The summed E-state index contributed by atoms with van der Waals surface area (Å²) in [4.78, 5) is 39.6. The van der Waals surface area contributed by atoms with Crippen molar-refractivity contribution >= 4 is 23.3 Å². The molecule has 2 amide bonds. The van der Waals surface area contributed by atoms with Gasteiger partial charge in [0.15, 0.2) is 6.10 Å². The lowest BCUT2D eigenvalue weighted by atomic mass is 9.81. The predicted octanol–water partition coefficient (Wildman–Crippen LogP) is 4.32. The molecule has 4 rings (SSSR count). The largest absolute Gasteiger partial charge is 0.482 e. The second kappa shape index (κ2) is 7.82. The van der Waals surface area contributed by atoms with Crippen molar-refractivity contribution in [3.8, 4) is 5.75 Å². The minimum Gasteiger partial charge on any atom is -0.482 e. The number of Topliss-reactive ketones (excluding diaryl/α,β-unsaturated/α-hetero) is 1. The fourth-order valence-corrected chi connectivity index (χ4v) is 4.32. The standard InChI is InChI=1S/C24H25NO4/c1-15-10-12-17(13-11-15)22(26)16(2)29-19-7-5-6-18(14-19)25-23(27)20-8-3-4-9-21(20)24(25)28/h5-7,10-14,16,20-21H,3-4,8-9H2,1-2H3/t16-,20-,21-/m0/s1. The Bertz CT molecular complexity index is 926. The first-order valence-electron chi connectivity index (χ1n) is 10.2. The van der Waals surface area contributed by atoms with Gasteiger partial charge >= 0.3 is 0 Å². The molecule has 2 aliphatic rings. The molecule has 2 fully saturated rings. The van der Waals surface area contributed by atoms with Gasteiger partial charge in [0, 0.05) is 11.6 Å². The molecule has 1 saturated heterocycles. The molecule has 1 aliphatic carbocycles. The Morgan fingerprint density at radius 2 is 1.62 bits per heavy atom. The first-order chi connectivity index (χ1) is 14.0. The molecule has 0 unspecified atom stereocenters. The van der Waals surface area contributed by atoms with Gasteiger partial charge in [0.1, 0.15) is 5.75 Å². The summed E-state index contributed by atoms with van der Waals surface area (Å²) in [6.07, 6.45) is 2.88. The molecule has 3 atom stereocenters. The van der Waals surface area contributed by atoms with Crippen LogP contribution < -0.4 is 9.64 Å². The Morgan fingerprint density at radius 1 is 1.00 bits per heavy atom. The van der Waals surface area contributed by atoms with E-state index in [1.165, 1.54) is 4.90 Å². The minimum absolute atomic E-state index is 0.111. The highest BCUT2D eigenvalue weighted by atomic mass is 16.5. The second-order valence-corrected chi connectivity index (χ2v) is 8.00. The van der Waals surface area contributed by atoms with Gasteiger partial charge in [-0.2, -0.15) is 0 Å². The maximum atomic E-state index is 12.8. The SMILES string of the molecule is Cc1ccc(C(=O)[C@H](C)Oc2cccc(N3C(=O)[C@H]4CCCC[C@@H]4C3=O)c2)cc1. The third-order valence-corrected chi connectivity index (χ3v) is 5.94. The summed E-state index contributed by atoms with van der Waals surface area (Å²) in [5.74, 6) is -0.257. The van der Waals surface area contributed by atoms with Gasteiger partial charge in [0.25, 0.3) is 0 Å². The van der Waals surface area contributed by atoms with E-state index in [2.05, 4.69) is 0 Å². The number of ketones is 1. The molecule has 1 aliphatic heterocycles. The summed E-state index contributed by atoms with van der Waals surface area (Å²) >= 11 is 0. The van der Waals surface area contributed by atoms with Crippen molar-refractivity contribution in [3.05, 3.63) is 59.7 Å². The normalized spacial score (nSPS) is 22.3. The van der Waals surface area contributed by atoms with Crippen LogP contribution in [0.1, 0.15) is 48.5 Å². The molecular weight excluding hydrogens is 366 g/mol. The Labute approximate surface area is 170 Å². The number of aryl methyl sites for hydroxylation is 1. The van der Waals surface area contributed by atoms with Gasteiger partial charge in [-0.15, -0.1) is 0 Å².